The smallest absolute Gasteiger partial charge is 0.0643 e. The van der Waals surface area contributed by atoms with Crippen LogP contribution in [0, 0.1) is 5.41 Å². The minimum Gasteiger partial charge on any atom is -0.378 e. The average Bonchev–Trinajstić information content (AvgIpc) is 1.73. The van der Waals surface area contributed by atoms with E-state index >= 15 is 0 Å². The van der Waals surface area contributed by atoms with Gasteiger partial charge in [-0.15, -0.1) is 0 Å². The van der Waals surface area contributed by atoms with Crippen molar-refractivity contribution in [1.29, 1.82) is 0 Å². The fourth-order valence-corrected chi connectivity index (χ4v) is 1.00. The molecule has 2 heteroatoms. The number of rotatable bonds is 3. The van der Waals surface area contributed by atoms with E-state index in [-0.39, 0.29) is 0 Å². The lowest BCUT2D eigenvalue weighted by Crippen LogP contribution is -2.46. The van der Waals surface area contributed by atoms with Crippen LogP contribution in [0.5, 0.6) is 0 Å². The van der Waals surface area contributed by atoms with Crippen LogP contribution in [0.3, 0.4) is 0 Å². The van der Waals surface area contributed by atoms with Gasteiger partial charge in [-0.05, 0) is 18.4 Å². The quantitative estimate of drug-likeness (QED) is 0.669. The van der Waals surface area contributed by atoms with Crippen molar-refractivity contribution in [3.05, 3.63) is 0 Å². The van der Waals surface area contributed by atoms with Crippen molar-refractivity contribution in [2.24, 2.45) is 5.41 Å². The topological polar surface area (TPSA) is 21.3 Å². The van der Waals surface area contributed by atoms with Crippen molar-refractivity contribution in [3.8, 4) is 0 Å². The molecule has 11 heavy (non-hydrogen) atoms. The Morgan fingerprint density at radius 2 is 2.00 bits per heavy atom. The molecule has 0 aliphatic carbocycles. The van der Waals surface area contributed by atoms with Gasteiger partial charge < -0.3 is 10.1 Å². The third-order valence-electron chi connectivity index (χ3n) is 1.95. The third kappa shape index (κ3) is 3.73. The lowest BCUT2D eigenvalue weighted by molar-refractivity contribution is -0.00577. The molecule has 1 heterocycles. The Labute approximate surface area is 69.3 Å². The molecule has 0 unspecified atom stereocenters. The van der Waals surface area contributed by atoms with Crippen LogP contribution >= 0.6 is 0 Å². The van der Waals surface area contributed by atoms with Crippen LogP contribution in [0.2, 0.25) is 0 Å². The summed E-state index contributed by atoms with van der Waals surface area (Å²) in [6.07, 6.45) is 1.24. The van der Waals surface area contributed by atoms with Gasteiger partial charge in [0.1, 0.15) is 0 Å². The highest BCUT2D eigenvalue weighted by Gasteiger charge is 2.18. The molecule has 0 aromatic rings. The number of hydrogen-bond acceptors (Lipinski definition) is 2. The molecule has 1 saturated heterocycles. The van der Waals surface area contributed by atoms with Gasteiger partial charge in [0.15, 0.2) is 0 Å². The highest BCUT2D eigenvalue weighted by molar-refractivity contribution is 4.74. The van der Waals surface area contributed by atoms with Crippen molar-refractivity contribution in [2.75, 3.05) is 19.8 Å². The minimum atomic E-state index is 0.456. The number of ether oxygens (including phenoxy) is 1. The predicted molar refractivity (Wildman–Crippen MR) is 46.7 cm³/mol. The zero-order valence-electron chi connectivity index (χ0n) is 7.81. The van der Waals surface area contributed by atoms with E-state index in [2.05, 4.69) is 26.1 Å². The van der Waals surface area contributed by atoms with Crippen LogP contribution in [-0.4, -0.2) is 25.8 Å². The molecule has 66 valence electrons. The monoisotopic (exact) mass is 157 g/mol. The summed E-state index contributed by atoms with van der Waals surface area (Å²) in [7, 11) is 0. The molecule has 1 rings (SSSR count). The molecule has 0 bridgehead atoms. The fraction of sp³-hybridized carbons (Fsp3) is 1.00. The lowest BCUT2D eigenvalue weighted by atomic mass is 9.92. The average molecular weight is 157 g/mol. The van der Waals surface area contributed by atoms with Crippen LogP contribution in [0.25, 0.3) is 0 Å². The van der Waals surface area contributed by atoms with E-state index in [9.17, 15) is 0 Å². The van der Waals surface area contributed by atoms with Gasteiger partial charge in [0, 0.05) is 0 Å². The molecule has 0 aromatic carbocycles. The van der Waals surface area contributed by atoms with Crippen molar-refractivity contribution in [1.82, 2.24) is 5.32 Å². The molecule has 2 nitrogen and oxygen atoms in total. The fourth-order valence-electron chi connectivity index (χ4n) is 1.00. The second kappa shape index (κ2) is 3.55. The molecule has 1 aliphatic rings. The normalized spacial score (nSPS) is 19.9. The van der Waals surface area contributed by atoms with E-state index in [0.29, 0.717) is 11.5 Å². The van der Waals surface area contributed by atoms with Gasteiger partial charge in [0.25, 0.3) is 0 Å². The van der Waals surface area contributed by atoms with E-state index < -0.39 is 0 Å². The first-order chi connectivity index (χ1) is 5.08. The maximum atomic E-state index is 5.06. The molecule has 0 amide bonds. The predicted octanol–water partition coefficient (Wildman–Crippen LogP) is 1.41. The van der Waals surface area contributed by atoms with Gasteiger partial charge in [-0.3, -0.25) is 0 Å². The van der Waals surface area contributed by atoms with Gasteiger partial charge in [-0.2, -0.15) is 0 Å². The van der Waals surface area contributed by atoms with Crippen LogP contribution in [0.15, 0.2) is 0 Å². The SMILES string of the molecule is CC(C)(C)CCNC1COC1. The van der Waals surface area contributed by atoms with Crippen molar-refractivity contribution >= 4 is 0 Å². The number of nitrogens with one attached hydrogen (secondary N) is 1. The van der Waals surface area contributed by atoms with Crippen LogP contribution < -0.4 is 5.32 Å². The Kier molecular flexibility index (Phi) is 2.90. The molecule has 1 fully saturated rings. The summed E-state index contributed by atoms with van der Waals surface area (Å²) < 4.78 is 5.06. The van der Waals surface area contributed by atoms with Crippen molar-refractivity contribution < 1.29 is 4.74 Å². The lowest BCUT2D eigenvalue weighted by Gasteiger charge is -2.28. The Morgan fingerprint density at radius 3 is 2.36 bits per heavy atom. The maximum Gasteiger partial charge on any atom is 0.0643 e. The highest BCUT2D eigenvalue weighted by Crippen LogP contribution is 2.17. The number of hydrogen-bond donors (Lipinski definition) is 1. The van der Waals surface area contributed by atoms with Gasteiger partial charge in [0.2, 0.25) is 0 Å². The van der Waals surface area contributed by atoms with Crippen LogP contribution in [0.4, 0.5) is 0 Å². The van der Waals surface area contributed by atoms with Crippen molar-refractivity contribution in [3.63, 3.8) is 0 Å². The van der Waals surface area contributed by atoms with Crippen LogP contribution in [-0.2, 0) is 4.74 Å². The first kappa shape index (κ1) is 9.01. The van der Waals surface area contributed by atoms with Gasteiger partial charge in [-0.25, -0.2) is 0 Å². The zero-order valence-corrected chi connectivity index (χ0v) is 7.81. The maximum absolute atomic E-state index is 5.06. The molecular formula is C9H19NO. The molecular weight excluding hydrogens is 138 g/mol. The Bertz CT molecular complexity index is 113. The summed E-state index contributed by atoms with van der Waals surface area (Å²) in [6, 6.07) is 0.636. The van der Waals surface area contributed by atoms with Crippen molar-refractivity contribution in [2.45, 2.75) is 33.2 Å². The summed E-state index contributed by atoms with van der Waals surface area (Å²) >= 11 is 0. The standard InChI is InChI=1S/C9H19NO/c1-9(2,3)4-5-10-8-6-11-7-8/h8,10H,4-7H2,1-3H3. The molecule has 0 radical (unpaired) electrons. The van der Waals surface area contributed by atoms with Gasteiger partial charge in [0.05, 0.1) is 19.3 Å². The first-order valence-corrected chi connectivity index (χ1v) is 4.39. The van der Waals surface area contributed by atoms with E-state index in [1.54, 1.807) is 0 Å². The van der Waals surface area contributed by atoms with E-state index in [1.807, 2.05) is 0 Å². The highest BCUT2D eigenvalue weighted by atomic mass is 16.5. The van der Waals surface area contributed by atoms with E-state index in [1.165, 1.54) is 6.42 Å². The molecule has 0 saturated carbocycles. The minimum absolute atomic E-state index is 0.456. The third-order valence-corrected chi connectivity index (χ3v) is 1.95. The summed E-state index contributed by atoms with van der Waals surface area (Å²) in [6.45, 7) is 9.75. The largest absolute Gasteiger partial charge is 0.378 e. The Hall–Kier alpha value is -0.0800. The molecule has 1 aliphatic heterocycles. The Balaban J connectivity index is 1.95. The second-order valence-electron chi connectivity index (χ2n) is 4.50. The zero-order chi connectivity index (χ0) is 8.32. The first-order valence-electron chi connectivity index (χ1n) is 4.39. The van der Waals surface area contributed by atoms with Gasteiger partial charge in [-0.1, -0.05) is 20.8 Å². The molecule has 0 atom stereocenters. The summed E-state index contributed by atoms with van der Waals surface area (Å²) in [4.78, 5) is 0. The van der Waals surface area contributed by atoms with Crippen LogP contribution in [0.1, 0.15) is 27.2 Å². The summed E-state index contributed by atoms with van der Waals surface area (Å²) in [5.41, 5.74) is 0.456. The van der Waals surface area contributed by atoms with E-state index in [0.717, 1.165) is 19.8 Å². The van der Waals surface area contributed by atoms with E-state index in [4.69, 9.17) is 4.74 Å². The Morgan fingerprint density at radius 1 is 1.36 bits per heavy atom. The summed E-state index contributed by atoms with van der Waals surface area (Å²) in [5.74, 6) is 0. The summed E-state index contributed by atoms with van der Waals surface area (Å²) in [5, 5.41) is 3.45. The molecule has 1 N–H and O–H groups in total. The molecule has 0 spiro atoms. The molecule has 0 aromatic heterocycles. The van der Waals surface area contributed by atoms with Gasteiger partial charge >= 0.3 is 0 Å². The second-order valence-corrected chi connectivity index (χ2v) is 4.50.